The Hall–Kier alpha value is -1.40. The smallest absolute Gasteiger partial charge is 0.0896 e. The second kappa shape index (κ2) is 7.56. The molecule has 1 aromatic heterocycles. The van der Waals surface area contributed by atoms with Crippen LogP contribution in [0.15, 0.2) is 30.5 Å². The molecule has 114 valence electrons. The lowest BCUT2D eigenvalue weighted by Crippen LogP contribution is -2.32. The number of hydrogen-bond donors (Lipinski definition) is 2. The molecule has 0 aliphatic rings. The van der Waals surface area contributed by atoms with Crippen LogP contribution in [0, 0.1) is 0 Å². The molecule has 2 aromatic rings. The van der Waals surface area contributed by atoms with Gasteiger partial charge < -0.3 is 4.74 Å². The number of ether oxygens (including phenoxy) is 1. The van der Waals surface area contributed by atoms with E-state index in [1.54, 1.807) is 13.3 Å². The average molecular weight is 309 g/mol. The molecule has 0 saturated heterocycles. The predicted octanol–water partition coefficient (Wildman–Crippen LogP) is 2.30. The number of aromatic nitrogens is 2. The minimum atomic E-state index is -0.201. The van der Waals surface area contributed by atoms with Crippen molar-refractivity contribution in [3.63, 3.8) is 0 Å². The van der Waals surface area contributed by atoms with Crippen molar-refractivity contribution in [1.82, 2.24) is 15.2 Å². The van der Waals surface area contributed by atoms with Crippen LogP contribution in [0.4, 0.5) is 0 Å². The summed E-state index contributed by atoms with van der Waals surface area (Å²) >= 11 is 6.32. The second-order valence-corrected chi connectivity index (χ2v) is 5.15. The van der Waals surface area contributed by atoms with E-state index in [0.29, 0.717) is 18.2 Å². The number of nitrogens with two attached hydrogens (primary N) is 1. The Morgan fingerprint density at radius 3 is 2.86 bits per heavy atom. The van der Waals surface area contributed by atoms with Gasteiger partial charge in [-0.05, 0) is 17.5 Å². The minimum Gasteiger partial charge on any atom is -0.383 e. The zero-order chi connectivity index (χ0) is 15.2. The van der Waals surface area contributed by atoms with E-state index in [1.807, 2.05) is 16.8 Å². The molecule has 0 radical (unpaired) electrons. The van der Waals surface area contributed by atoms with E-state index >= 15 is 0 Å². The van der Waals surface area contributed by atoms with Crippen LogP contribution in [-0.4, -0.2) is 23.5 Å². The molecule has 0 aliphatic heterocycles. The number of aryl methyl sites for hydroxylation is 1. The molecule has 5 nitrogen and oxygen atoms in total. The molecule has 1 unspecified atom stereocenters. The molecule has 0 spiro atoms. The van der Waals surface area contributed by atoms with Gasteiger partial charge in [0, 0.05) is 7.11 Å². The summed E-state index contributed by atoms with van der Waals surface area (Å²) in [4.78, 5) is 0. The van der Waals surface area contributed by atoms with Crippen molar-refractivity contribution in [1.29, 1.82) is 0 Å². The summed E-state index contributed by atoms with van der Waals surface area (Å²) in [7, 11) is 1.66. The lowest BCUT2D eigenvalue weighted by molar-refractivity contribution is 0.182. The van der Waals surface area contributed by atoms with E-state index in [1.165, 1.54) is 5.56 Å². The van der Waals surface area contributed by atoms with Crippen molar-refractivity contribution < 1.29 is 4.74 Å². The Morgan fingerprint density at radius 2 is 2.19 bits per heavy atom. The third kappa shape index (κ3) is 3.44. The molecule has 1 aromatic carbocycles. The normalized spacial score (nSPS) is 12.6. The number of hydrazine groups is 1. The molecule has 0 fully saturated rings. The Kier molecular flexibility index (Phi) is 5.76. The zero-order valence-corrected chi connectivity index (χ0v) is 13.1. The van der Waals surface area contributed by atoms with Crippen LogP contribution in [0.25, 0.3) is 0 Å². The highest BCUT2D eigenvalue weighted by Crippen LogP contribution is 2.30. The Morgan fingerprint density at radius 1 is 1.43 bits per heavy atom. The minimum absolute atomic E-state index is 0.201. The fraction of sp³-hybridized carbons (Fsp3) is 0.400. The summed E-state index contributed by atoms with van der Waals surface area (Å²) in [5.74, 6) is 5.81. The van der Waals surface area contributed by atoms with E-state index in [2.05, 4.69) is 29.6 Å². The van der Waals surface area contributed by atoms with Crippen LogP contribution >= 0.6 is 11.6 Å². The van der Waals surface area contributed by atoms with Gasteiger partial charge in [-0.15, -0.1) is 0 Å². The summed E-state index contributed by atoms with van der Waals surface area (Å²) in [5.41, 5.74) is 6.07. The summed E-state index contributed by atoms with van der Waals surface area (Å²) in [6.07, 6.45) is 2.57. The lowest BCUT2D eigenvalue weighted by atomic mass is 9.97. The van der Waals surface area contributed by atoms with E-state index in [4.69, 9.17) is 22.2 Å². The first-order valence-electron chi connectivity index (χ1n) is 6.97. The highest BCUT2D eigenvalue weighted by molar-refractivity contribution is 6.31. The van der Waals surface area contributed by atoms with Crippen LogP contribution in [-0.2, 0) is 17.7 Å². The van der Waals surface area contributed by atoms with Gasteiger partial charge >= 0.3 is 0 Å². The van der Waals surface area contributed by atoms with Gasteiger partial charge in [-0.2, -0.15) is 5.10 Å². The highest BCUT2D eigenvalue weighted by Gasteiger charge is 2.22. The van der Waals surface area contributed by atoms with Crippen LogP contribution in [0.3, 0.4) is 0 Å². The number of nitrogens with one attached hydrogen (secondary N) is 1. The monoisotopic (exact) mass is 308 g/mol. The first-order chi connectivity index (χ1) is 10.2. The summed E-state index contributed by atoms with van der Waals surface area (Å²) in [5, 5.41) is 4.91. The number of hydrogen-bond acceptors (Lipinski definition) is 4. The van der Waals surface area contributed by atoms with Gasteiger partial charge in [0.1, 0.15) is 0 Å². The lowest BCUT2D eigenvalue weighted by Gasteiger charge is -2.21. The van der Waals surface area contributed by atoms with Gasteiger partial charge in [-0.25, -0.2) is 5.43 Å². The van der Waals surface area contributed by atoms with Crippen molar-refractivity contribution in [2.45, 2.75) is 25.9 Å². The third-order valence-corrected chi connectivity index (χ3v) is 3.82. The van der Waals surface area contributed by atoms with Crippen LogP contribution < -0.4 is 11.3 Å². The Balaban J connectivity index is 2.44. The molecule has 6 heteroatoms. The maximum atomic E-state index is 6.32. The Bertz CT molecular complexity index is 585. The third-order valence-electron chi connectivity index (χ3n) is 3.53. The van der Waals surface area contributed by atoms with E-state index < -0.39 is 0 Å². The number of methoxy groups -OCH3 is 1. The summed E-state index contributed by atoms with van der Waals surface area (Å²) < 4.78 is 6.95. The fourth-order valence-electron chi connectivity index (χ4n) is 2.47. The quantitative estimate of drug-likeness (QED) is 0.608. The average Bonchev–Trinajstić information content (AvgIpc) is 2.88. The molecule has 1 heterocycles. The molecule has 3 N–H and O–H groups in total. The van der Waals surface area contributed by atoms with Crippen molar-refractivity contribution in [2.75, 3.05) is 13.7 Å². The molecular weight excluding hydrogens is 288 g/mol. The highest BCUT2D eigenvalue weighted by atomic mass is 35.5. The Labute approximate surface area is 130 Å². The van der Waals surface area contributed by atoms with Crippen molar-refractivity contribution >= 4 is 11.6 Å². The van der Waals surface area contributed by atoms with Gasteiger partial charge in [0.05, 0.1) is 36.1 Å². The largest absolute Gasteiger partial charge is 0.383 e. The molecule has 0 bridgehead atoms. The first kappa shape index (κ1) is 16.0. The van der Waals surface area contributed by atoms with Gasteiger partial charge in [0.15, 0.2) is 0 Å². The van der Waals surface area contributed by atoms with E-state index in [-0.39, 0.29) is 6.04 Å². The number of nitrogens with zero attached hydrogens (tertiary/aromatic N) is 2. The molecule has 1 atom stereocenters. The standard InChI is InChI=1S/C15H21ClN4O/c1-3-11-6-4-5-7-12(11)14(19-17)15-13(16)10-18-20(15)8-9-21-2/h4-7,10,14,19H,3,8-9,17H2,1-2H3. The van der Waals surface area contributed by atoms with E-state index in [0.717, 1.165) is 17.7 Å². The molecule has 21 heavy (non-hydrogen) atoms. The number of halogens is 1. The van der Waals surface area contributed by atoms with Crippen LogP contribution in [0.2, 0.25) is 5.02 Å². The second-order valence-electron chi connectivity index (χ2n) is 4.75. The first-order valence-corrected chi connectivity index (χ1v) is 7.34. The van der Waals surface area contributed by atoms with Crippen LogP contribution in [0.1, 0.15) is 29.8 Å². The molecule has 2 rings (SSSR count). The summed E-state index contributed by atoms with van der Waals surface area (Å²) in [6.45, 7) is 3.32. The van der Waals surface area contributed by atoms with Gasteiger partial charge in [-0.3, -0.25) is 10.5 Å². The molecule has 0 saturated carbocycles. The molecule has 0 aliphatic carbocycles. The van der Waals surface area contributed by atoms with E-state index in [9.17, 15) is 0 Å². The van der Waals surface area contributed by atoms with Crippen molar-refractivity contribution in [3.05, 3.63) is 52.3 Å². The SMILES string of the molecule is CCc1ccccc1C(NN)c1c(Cl)cnn1CCOC. The van der Waals surface area contributed by atoms with Crippen molar-refractivity contribution in [3.8, 4) is 0 Å². The molecule has 0 amide bonds. The fourth-order valence-corrected chi connectivity index (χ4v) is 2.72. The zero-order valence-electron chi connectivity index (χ0n) is 12.3. The van der Waals surface area contributed by atoms with Crippen LogP contribution in [0.5, 0.6) is 0 Å². The maximum absolute atomic E-state index is 6.32. The number of benzene rings is 1. The predicted molar refractivity (Wildman–Crippen MR) is 84.1 cm³/mol. The topological polar surface area (TPSA) is 65.1 Å². The van der Waals surface area contributed by atoms with Gasteiger partial charge in [0.25, 0.3) is 0 Å². The maximum Gasteiger partial charge on any atom is 0.0896 e. The number of rotatable bonds is 7. The summed E-state index contributed by atoms with van der Waals surface area (Å²) in [6, 6.07) is 7.99. The molecular formula is C15H21ClN4O. The van der Waals surface area contributed by atoms with Gasteiger partial charge in [0.2, 0.25) is 0 Å². The van der Waals surface area contributed by atoms with Crippen molar-refractivity contribution in [2.24, 2.45) is 5.84 Å². The van der Waals surface area contributed by atoms with Gasteiger partial charge in [-0.1, -0.05) is 42.8 Å².